The zero-order valence-electron chi connectivity index (χ0n) is 20.7. The Morgan fingerprint density at radius 1 is 1.08 bits per heavy atom. The number of fused-ring (bicyclic) bond motifs is 1. The summed E-state index contributed by atoms with van der Waals surface area (Å²) in [6.45, 7) is 4.57. The Morgan fingerprint density at radius 2 is 1.89 bits per heavy atom. The molecule has 4 heterocycles. The number of nitrogens with zero attached hydrogens (tertiary/aromatic N) is 5. The van der Waals surface area contributed by atoms with Gasteiger partial charge in [-0.3, -0.25) is 9.58 Å². The normalized spacial score (nSPS) is 18.6. The average Bonchev–Trinajstić information content (AvgIpc) is 3.50. The minimum absolute atomic E-state index is 0.159. The lowest BCUT2D eigenvalue weighted by Crippen LogP contribution is -2.36. The van der Waals surface area contributed by atoms with E-state index < -0.39 is 5.97 Å². The Hall–Kier alpha value is -3.69. The Bertz CT molecular complexity index is 1370. The molecule has 1 unspecified atom stereocenters. The van der Waals surface area contributed by atoms with Crippen LogP contribution in [0.2, 0.25) is 0 Å². The standard InChI is InChI=1S/C28H31N5O4/c34-28(35)20-6-7-25-26(16-20)32(17-24-11-15-36-24)27(30-25)18-31-13-9-21(10-14-31)33-22(8-12-29-33)19-37-23-4-2-1-3-5-23/h1-8,12,16,21,24H,9-11,13-15,17-19H2,(H,34,35). The zero-order valence-corrected chi connectivity index (χ0v) is 20.7. The number of rotatable bonds is 9. The van der Waals surface area contributed by atoms with E-state index in [4.69, 9.17) is 14.5 Å². The first-order valence-corrected chi connectivity index (χ1v) is 12.9. The Morgan fingerprint density at radius 3 is 2.62 bits per heavy atom. The molecule has 6 rings (SSSR count). The van der Waals surface area contributed by atoms with Gasteiger partial charge in [-0.25, -0.2) is 9.78 Å². The molecule has 0 spiro atoms. The molecule has 2 saturated heterocycles. The largest absolute Gasteiger partial charge is 0.487 e. The second-order valence-corrected chi connectivity index (χ2v) is 9.80. The van der Waals surface area contributed by atoms with E-state index in [0.29, 0.717) is 19.2 Å². The molecule has 2 aliphatic rings. The molecule has 1 N–H and O–H groups in total. The maximum atomic E-state index is 11.6. The first-order valence-electron chi connectivity index (χ1n) is 12.9. The highest BCUT2D eigenvalue weighted by molar-refractivity contribution is 5.92. The molecule has 4 aromatic rings. The van der Waals surface area contributed by atoms with Crippen molar-refractivity contribution in [3.05, 3.63) is 77.9 Å². The number of para-hydroxylation sites is 1. The minimum atomic E-state index is -0.926. The van der Waals surface area contributed by atoms with Crippen LogP contribution in [-0.4, -0.2) is 61.1 Å². The smallest absolute Gasteiger partial charge is 0.335 e. The van der Waals surface area contributed by atoms with Crippen LogP contribution in [0.4, 0.5) is 0 Å². The fraction of sp³-hybridized carbons (Fsp3) is 0.393. The maximum Gasteiger partial charge on any atom is 0.335 e. The fourth-order valence-corrected chi connectivity index (χ4v) is 5.24. The van der Waals surface area contributed by atoms with Crippen LogP contribution in [0.1, 0.15) is 47.2 Å². The summed E-state index contributed by atoms with van der Waals surface area (Å²) < 4.78 is 15.9. The van der Waals surface area contributed by atoms with Crippen molar-refractivity contribution in [2.45, 2.75) is 51.1 Å². The predicted octanol–water partition coefficient (Wildman–Crippen LogP) is 4.14. The number of imidazole rings is 1. The topological polar surface area (TPSA) is 94.6 Å². The summed E-state index contributed by atoms with van der Waals surface area (Å²) in [4.78, 5) is 18.9. The van der Waals surface area contributed by atoms with E-state index in [1.807, 2.05) is 48.7 Å². The van der Waals surface area contributed by atoms with Crippen LogP contribution in [0.25, 0.3) is 11.0 Å². The van der Waals surface area contributed by atoms with Gasteiger partial charge >= 0.3 is 5.97 Å². The summed E-state index contributed by atoms with van der Waals surface area (Å²) in [5.74, 6) is 0.892. The first-order chi connectivity index (χ1) is 18.1. The molecule has 0 radical (unpaired) electrons. The summed E-state index contributed by atoms with van der Waals surface area (Å²) in [5, 5.41) is 14.1. The van der Waals surface area contributed by atoms with Crippen molar-refractivity contribution in [2.75, 3.05) is 19.7 Å². The van der Waals surface area contributed by atoms with Gasteiger partial charge in [0.05, 0.1) is 47.5 Å². The van der Waals surface area contributed by atoms with E-state index in [1.54, 1.807) is 12.1 Å². The number of piperidine rings is 1. The van der Waals surface area contributed by atoms with Crippen LogP contribution in [0, 0.1) is 0 Å². The van der Waals surface area contributed by atoms with Gasteiger partial charge in [0.2, 0.25) is 0 Å². The molecule has 2 fully saturated rings. The number of aromatic carboxylic acids is 1. The third-order valence-electron chi connectivity index (χ3n) is 7.40. The van der Waals surface area contributed by atoms with E-state index >= 15 is 0 Å². The van der Waals surface area contributed by atoms with Crippen molar-refractivity contribution in [3.8, 4) is 5.75 Å². The van der Waals surface area contributed by atoms with Crippen LogP contribution in [0.15, 0.2) is 60.8 Å². The number of carbonyl (C=O) groups is 1. The van der Waals surface area contributed by atoms with E-state index in [0.717, 1.165) is 73.8 Å². The summed E-state index contributed by atoms with van der Waals surface area (Å²) in [6.07, 6.45) is 5.02. The number of ether oxygens (including phenoxy) is 2. The number of aromatic nitrogens is 4. The monoisotopic (exact) mass is 501 g/mol. The third kappa shape index (κ3) is 5.10. The van der Waals surface area contributed by atoms with E-state index in [1.165, 1.54) is 0 Å². The lowest BCUT2D eigenvalue weighted by molar-refractivity contribution is -0.0592. The highest BCUT2D eigenvalue weighted by Gasteiger charge is 2.26. The first kappa shape index (κ1) is 23.7. The Balaban J connectivity index is 1.13. The van der Waals surface area contributed by atoms with Gasteiger partial charge in [0.25, 0.3) is 0 Å². The third-order valence-corrected chi connectivity index (χ3v) is 7.40. The Labute approximate surface area is 215 Å². The van der Waals surface area contributed by atoms with E-state index in [2.05, 4.69) is 19.2 Å². The van der Waals surface area contributed by atoms with Crippen LogP contribution in [0.5, 0.6) is 5.75 Å². The highest BCUT2D eigenvalue weighted by atomic mass is 16.5. The van der Waals surface area contributed by atoms with Gasteiger partial charge in [-0.05, 0) is 55.7 Å². The SMILES string of the molecule is O=C(O)c1ccc2nc(CN3CCC(n4nccc4COc4ccccc4)CC3)n(CC3CCO3)c2c1. The Kier molecular flexibility index (Phi) is 6.63. The molecule has 1 atom stereocenters. The van der Waals surface area contributed by atoms with Crippen molar-refractivity contribution in [1.29, 1.82) is 0 Å². The molecule has 192 valence electrons. The molecule has 0 saturated carbocycles. The van der Waals surface area contributed by atoms with Crippen LogP contribution in [-0.2, 0) is 24.4 Å². The molecular weight excluding hydrogens is 470 g/mol. The number of benzene rings is 2. The van der Waals surface area contributed by atoms with Crippen LogP contribution >= 0.6 is 0 Å². The molecule has 2 aromatic carbocycles. The quantitative estimate of drug-likeness (QED) is 0.368. The number of likely N-dealkylation sites (tertiary alicyclic amines) is 1. The summed E-state index contributed by atoms with van der Waals surface area (Å²) in [7, 11) is 0. The molecule has 2 aromatic heterocycles. The lowest BCUT2D eigenvalue weighted by Gasteiger charge is -2.33. The molecule has 9 nitrogen and oxygen atoms in total. The van der Waals surface area contributed by atoms with Crippen molar-refractivity contribution in [2.24, 2.45) is 0 Å². The second-order valence-electron chi connectivity index (χ2n) is 9.80. The molecule has 9 heteroatoms. The minimum Gasteiger partial charge on any atom is -0.487 e. The van der Waals surface area contributed by atoms with Crippen molar-refractivity contribution in [3.63, 3.8) is 0 Å². The maximum absolute atomic E-state index is 11.6. The predicted molar refractivity (Wildman–Crippen MR) is 138 cm³/mol. The van der Waals surface area contributed by atoms with Gasteiger partial charge in [-0.1, -0.05) is 18.2 Å². The number of carboxylic acids is 1. The average molecular weight is 502 g/mol. The molecule has 0 amide bonds. The number of carboxylic acid groups (broad SMARTS) is 1. The summed E-state index contributed by atoms with van der Waals surface area (Å²) in [5.41, 5.74) is 3.05. The lowest BCUT2D eigenvalue weighted by atomic mass is 10.0. The van der Waals surface area contributed by atoms with E-state index in [9.17, 15) is 9.90 Å². The van der Waals surface area contributed by atoms with Gasteiger partial charge in [0.1, 0.15) is 18.2 Å². The molecular formula is C28H31N5O4. The van der Waals surface area contributed by atoms with Crippen LogP contribution < -0.4 is 4.74 Å². The summed E-state index contributed by atoms with van der Waals surface area (Å²) >= 11 is 0. The van der Waals surface area contributed by atoms with E-state index in [-0.39, 0.29) is 11.7 Å². The molecule has 2 aliphatic heterocycles. The highest BCUT2D eigenvalue weighted by Crippen LogP contribution is 2.27. The number of hydrogen-bond donors (Lipinski definition) is 1. The second kappa shape index (κ2) is 10.4. The molecule has 0 aliphatic carbocycles. The fourth-order valence-electron chi connectivity index (χ4n) is 5.24. The zero-order chi connectivity index (χ0) is 25.2. The van der Waals surface area contributed by atoms with Crippen LogP contribution in [0.3, 0.4) is 0 Å². The van der Waals surface area contributed by atoms with Gasteiger partial charge in [0, 0.05) is 25.9 Å². The molecule has 37 heavy (non-hydrogen) atoms. The molecule has 0 bridgehead atoms. The summed E-state index contributed by atoms with van der Waals surface area (Å²) in [6, 6.07) is 17.4. The van der Waals surface area contributed by atoms with Gasteiger partial charge in [-0.15, -0.1) is 0 Å². The van der Waals surface area contributed by atoms with Crippen molar-refractivity contribution >= 4 is 17.0 Å². The number of hydrogen-bond acceptors (Lipinski definition) is 6. The van der Waals surface area contributed by atoms with Gasteiger partial charge in [0.15, 0.2) is 0 Å². The van der Waals surface area contributed by atoms with Crippen molar-refractivity contribution in [1.82, 2.24) is 24.2 Å². The van der Waals surface area contributed by atoms with Gasteiger partial charge < -0.3 is 19.1 Å². The van der Waals surface area contributed by atoms with Crippen molar-refractivity contribution < 1.29 is 19.4 Å². The van der Waals surface area contributed by atoms with Gasteiger partial charge in [-0.2, -0.15) is 5.10 Å².